The zero-order valence-corrected chi connectivity index (χ0v) is 25.0. The fourth-order valence-electron chi connectivity index (χ4n) is 5.20. The summed E-state index contributed by atoms with van der Waals surface area (Å²) >= 11 is 0. The van der Waals surface area contributed by atoms with Crippen molar-refractivity contribution >= 4 is 35.2 Å². The van der Waals surface area contributed by atoms with Crippen molar-refractivity contribution in [2.24, 2.45) is 5.92 Å². The number of rotatable bonds is 11. The number of benzene rings is 3. The van der Waals surface area contributed by atoms with Gasteiger partial charge in [0.05, 0.1) is 5.70 Å². The number of hydrazine groups is 1. The summed E-state index contributed by atoms with van der Waals surface area (Å²) < 4.78 is 6.00. The van der Waals surface area contributed by atoms with Gasteiger partial charge in [0, 0.05) is 32.0 Å². The van der Waals surface area contributed by atoms with Crippen molar-refractivity contribution in [1.82, 2.24) is 14.9 Å². The first-order valence-corrected chi connectivity index (χ1v) is 14.2. The smallest absolute Gasteiger partial charge is 0.374 e. The predicted octanol–water partition coefficient (Wildman–Crippen LogP) is 4.31. The fraction of sp³-hybridized carbons (Fsp3) is 0.265. The van der Waals surface area contributed by atoms with Gasteiger partial charge in [0.25, 0.3) is 11.7 Å². The van der Waals surface area contributed by atoms with Gasteiger partial charge in [-0.15, -0.1) is 0 Å². The molecule has 0 radical (unpaired) electrons. The monoisotopic (exact) mass is 597 g/mol. The lowest BCUT2D eigenvalue weighted by molar-refractivity contribution is -0.171. The van der Waals surface area contributed by atoms with E-state index in [0.29, 0.717) is 16.9 Å². The molecule has 1 heterocycles. The number of hydrogen-bond acceptors (Lipinski definition) is 6. The lowest BCUT2D eigenvalue weighted by atomic mass is 9.97. The van der Waals surface area contributed by atoms with Crippen LogP contribution in [0.1, 0.15) is 44.4 Å². The molecule has 0 unspecified atom stereocenters. The van der Waals surface area contributed by atoms with E-state index in [0.717, 1.165) is 15.6 Å². The van der Waals surface area contributed by atoms with Gasteiger partial charge in [-0.25, -0.2) is 14.8 Å². The molecule has 3 amide bonds. The second-order valence-electron chi connectivity index (χ2n) is 10.8. The lowest BCUT2D eigenvalue weighted by Gasteiger charge is -2.46. The summed E-state index contributed by atoms with van der Waals surface area (Å²) in [5, 5.41) is 11.7. The van der Waals surface area contributed by atoms with Gasteiger partial charge in [-0.1, -0.05) is 86.6 Å². The average molecular weight is 598 g/mol. The molecule has 0 fully saturated rings. The van der Waals surface area contributed by atoms with Crippen LogP contribution in [0.15, 0.2) is 91.1 Å². The van der Waals surface area contributed by atoms with Crippen LogP contribution in [-0.4, -0.2) is 61.6 Å². The minimum atomic E-state index is -1.74. The average Bonchev–Trinajstić information content (AvgIpc) is 3.00. The quantitative estimate of drug-likeness (QED) is 0.327. The standard InChI is InChI=1S/C34H35N3O7/c1-22(2)31-33(41)37(36(24(4)39)29(32(40)34(42)43)18-25-12-7-5-8-13-25)30(20-35(31)23(3)38)27-16-11-17-28(19-27)44-21-26-14-9-6-10-15-26/h5-17,19-20,22,29,31H,18,21H2,1-4H3,(H,42,43)/t29-,31+/m0/s1. The first kappa shape index (κ1) is 31.7. The molecule has 44 heavy (non-hydrogen) atoms. The summed E-state index contributed by atoms with van der Waals surface area (Å²) in [5.41, 5.74) is 2.05. The lowest BCUT2D eigenvalue weighted by Crippen LogP contribution is -2.63. The minimum absolute atomic E-state index is 0.110. The number of carbonyl (C=O) groups excluding carboxylic acids is 4. The van der Waals surface area contributed by atoms with Crippen molar-refractivity contribution < 1.29 is 33.8 Å². The molecule has 0 aliphatic carbocycles. The van der Waals surface area contributed by atoms with Crippen molar-refractivity contribution in [2.75, 3.05) is 0 Å². The van der Waals surface area contributed by atoms with Crippen molar-refractivity contribution in [2.45, 2.75) is 52.8 Å². The molecule has 3 aromatic rings. The van der Waals surface area contributed by atoms with Gasteiger partial charge in [0.2, 0.25) is 11.8 Å². The summed E-state index contributed by atoms with van der Waals surface area (Å²) in [5.74, 6) is -4.71. The molecule has 0 saturated carbocycles. The molecule has 10 nitrogen and oxygen atoms in total. The van der Waals surface area contributed by atoms with E-state index in [1.165, 1.54) is 24.9 Å². The van der Waals surface area contributed by atoms with E-state index < -0.39 is 41.6 Å². The van der Waals surface area contributed by atoms with E-state index in [9.17, 15) is 29.1 Å². The Morgan fingerprint density at radius 2 is 1.50 bits per heavy atom. The summed E-state index contributed by atoms with van der Waals surface area (Å²) in [6, 6.07) is 22.4. The molecule has 0 bridgehead atoms. The van der Waals surface area contributed by atoms with E-state index in [1.54, 1.807) is 68.4 Å². The number of carbonyl (C=O) groups is 5. The van der Waals surface area contributed by atoms with Gasteiger partial charge in [0.1, 0.15) is 24.4 Å². The Labute approximate surface area is 256 Å². The van der Waals surface area contributed by atoms with Crippen LogP contribution in [0.2, 0.25) is 0 Å². The Morgan fingerprint density at radius 1 is 0.886 bits per heavy atom. The van der Waals surface area contributed by atoms with Crippen molar-refractivity contribution in [3.8, 4) is 5.75 Å². The largest absolute Gasteiger partial charge is 0.489 e. The molecule has 1 aliphatic heterocycles. The maximum atomic E-state index is 14.4. The van der Waals surface area contributed by atoms with Crippen LogP contribution in [0.4, 0.5) is 0 Å². The van der Waals surface area contributed by atoms with Gasteiger partial charge in [-0.3, -0.25) is 19.2 Å². The van der Waals surface area contributed by atoms with Crippen LogP contribution >= 0.6 is 0 Å². The highest BCUT2D eigenvalue weighted by atomic mass is 16.5. The maximum Gasteiger partial charge on any atom is 0.374 e. The number of ketones is 1. The molecule has 10 heteroatoms. The van der Waals surface area contributed by atoms with Crippen molar-refractivity contribution in [1.29, 1.82) is 0 Å². The SMILES string of the molecule is CC(=O)N1C=C(c2cccc(OCc3ccccc3)c2)N(N(C(C)=O)[C@@H](Cc2ccccc2)C(=O)C(=O)O)C(=O)[C@H]1C(C)C. The molecule has 2 atom stereocenters. The molecule has 228 valence electrons. The first-order chi connectivity index (χ1) is 21.0. The number of amides is 3. The van der Waals surface area contributed by atoms with Crippen molar-refractivity contribution in [3.63, 3.8) is 0 Å². The fourth-order valence-corrected chi connectivity index (χ4v) is 5.20. The zero-order valence-electron chi connectivity index (χ0n) is 25.0. The molecule has 1 N–H and O–H groups in total. The molecule has 0 spiro atoms. The Balaban J connectivity index is 1.86. The summed E-state index contributed by atoms with van der Waals surface area (Å²) in [6.45, 7) is 6.29. The van der Waals surface area contributed by atoms with Crippen LogP contribution in [0.25, 0.3) is 5.70 Å². The van der Waals surface area contributed by atoms with Gasteiger partial charge in [0.15, 0.2) is 0 Å². The van der Waals surface area contributed by atoms with Gasteiger partial charge < -0.3 is 14.7 Å². The topological polar surface area (TPSA) is 125 Å². The molecule has 4 rings (SSSR count). The van der Waals surface area contributed by atoms with Gasteiger partial charge in [-0.2, -0.15) is 0 Å². The van der Waals surface area contributed by atoms with E-state index in [4.69, 9.17) is 4.74 Å². The number of nitrogens with zero attached hydrogens (tertiary/aromatic N) is 3. The molecular formula is C34H35N3O7. The van der Waals surface area contributed by atoms with Gasteiger partial charge >= 0.3 is 5.97 Å². The van der Waals surface area contributed by atoms with Crippen LogP contribution in [0, 0.1) is 5.92 Å². The van der Waals surface area contributed by atoms with Crippen molar-refractivity contribution in [3.05, 3.63) is 108 Å². The number of aliphatic carboxylic acids is 1. The number of hydrogen-bond donors (Lipinski definition) is 1. The van der Waals surface area contributed by atoms with Crippen LogP contribution in [0.3, 0.4) is 0 Å². The number of ether oxygens (including phenoxy) is 1. The summed E-state index contributed by atoms with van der Waals surface area (Å²) in [7, 11) is 0. The highest BCUT2D eigenvalue weighted by molar-refractivity contribution is 6.35. The Morgan fingerprint density at radius 3 is 2.05 bits per heavy atom. The molecule has 0 saturated heterocycles. The molecular weight excluding hydrogens is 562 g/mol. The summed E-state index contributed by atoms with van der Waals surface area (Å²) in [4.78, 5) is 67.1. The maximum absolute atomic E-state index is 14.4. The Bertz CT molecular complexity index is 1570. The van der Waals surface area contributed by atoms with Gasteiger partial charge in [-0.05, 0) is 29.2 Å². The summed E-state index contributed by atoms with van der Waals surface area (Å²) in [6.07, 6.45) is 1.30. The van der Waals surface area contributed by atoms with E-state index in [1.807, 2.05) is 30.3 Å². The minimum Gasteiger partial charge on any atom is -0.489 e. The number of carboxylic acid groups (broad SMARTS) is 1. The van der Waals surface area contributed by atoms with E-state index in [2.05, 4.69) is 0 Å². The first-order valence-electron chi connectivity index (χ1n) is 14.2. The second kappa shape index (κ2) is 13.8. The third-order valence-electron chi connectivity index (χ3n) is 7.24. The number of carboxylic acids is 1. The molecule has 0 aromatic heterocycles. The molecule has 3 aromatic carbocycles. The van der Waals surface area contributed by atoms with E-state index in [-0.39, 0.29) is 24.6 Å². The predicted molar refractivity (Wildman–Crippen MR) is 162 cm³/mol. The second-order valence-corrected chi connectivity index (χ2v) is 10.8. The highest BCUT2D eigenvalue weighted by Gasteiger charge is 2.46. The third kappa shape index (κ3) is 7.03. The number of Topliss-reactive ketones (excluding diaryl/α,β-unsaturated/α-hetero) is 1. The van der Waals surface area contributed by atoms with Crippen LogP contribution in [0.5, 0.6) is 5.75 Å². The normalized spacial score (nSPS) is 15.4. The highest BCUT2D eigenvalue weighted by Crippen LogP contribution is 2.34. The molecule has 1 aliphatic rings. The third-order valence-corrected chi connectivity index (χ3v) is 7.24. The van der Waals surface area contributed by atoms with Crippen LogP contribution < -0.4 is 4.74 Å². The van der Waals surface area contributed by atoms with Crippen LogP contribution in [-0.2, 0) is 37.0 Å². The van der Waals surface area contributed by atoms with E-state index >= 15 is 0 Å². The Kier molecular flexibility index (Phi) is 9.95. The Hall–Kier alpha value is -5.25. The zero-order chi connectivity index (χ0) is 32.0.